The normalized spacial score (nSPS) is 21.4. The number of hydrogen-bond donors (Lipinski definition) is 2. The molecule has 0 spiro atoms. The number of hydrogen-bond acceptors (Lipinski definition) is 4. The molecule has 21 heavy (non-hydrogen) atoms. The summed E-state index contributed by atoms with van der Waals surface area (Å²) < 4.78 is 5.16. The largest absolute Gasteiger partial charge is 0.481 e. The first-order valence-corrected chi connectivity index (χ1v) is 7.25. The molecule has 1 rings (SSSR count). The van der Waals surface area contributed by atoms with Crippen molar-refractivity contribution >= 4 is 18.0 Å². The molecule has 2 N–H and O–H groups in total. The summed E-state index contributed by atoms with van der Waals surface area (Å²) in [7, 11) is 0. The first-order valence-electron chi connectivity index (χ1n) is 7.25. The number of likely N-dealkylation sites (tertiary alicyclic amines) is 1. The van der Waals surface area contributed by atoms with Gasteiger partial charge in [0.25, 0.3) is 0 Å². The summed E-state index contributed by atoms with van der Waals surface area (Å²) in [4.78, 5) is 36.2. The van der Waals surface area contributed by atoms with Crippen LogP contribution in [0.4, 0.5) is 4.79 Å². The molecule has 1 aliphatic heterocycles. The lowest BCUT2D eigenvalue weighted by atomic mass is 9.76. The molecule has 0 bridgehead atoms. The Kier molecular flexibility index (Phi) is 5.99. The molecule has 0 aliphatic carbocycles. The fourth-order valence-electron chi connectivity index (χ4n) is 2.54. The van der Waals surface area contributed by atoms with Crippen LogP contribution < -0.4 is 5.32 Å². The summed E-state index contributed by atoms with van der Waals surface area (Å²) in [5, 5.41) is 11.1. The second-order valence-corrected chi connectivity index (χ2v) is 5.58. The van der Waals surface area contributed by atoms with Crippen LogP contribution in [0.5, 0.6) is 0 Å². The zero-order chi connectivity index (χ0) is 16.0. The Morgan fingerprint density at radius 2 is 2.05 bits per heavy atom. The van der Waals surface area contributed by atoms with E-state index in [4.69, 9.17) is 9.84 Å². The lowest BCUT2D eigenvalue weighted by Gasteiger charge is -2.30. The van der Waals surface area contributed by atoms with E-state index in [0.717, 1.165) is 0 Å². The summed E-state index contributed by atoms with van der Waals surface area (Å²) in [6.45, 7) is 6.83. The first-order chi connectivity index (χ1) is 9.83. The van der Waals surface area contributed by atoms with Gasteiger partial charge in [-0.3, -0.25) is 9.59 Å². The van der Waals surface area contributed by atoms with Crippen LogP contribution in [-0.2, 0) is 14.3 Å². The Bertz CT molecular complexity index is 410. The van der Waals surface area contributed by atoms with Gasteiger partial charge in [-0.25, -0.2) is 4.79 Å². The molecule has 0 aromatic carbocycles. The standard InChI is InChI=1S/C14H24N2O5/c1-4-21-12(19)14(10(2)3)6-8-16(9-14)13(20)15-7-5-11(17)18/h10H,4-9H2,1-3H3,(H,15,20)(H,17,18). The highest BCUT2D eigenvalue weighted by molar-refractivity contribution is 5.81. The van der Waals surface area contributed by atoms with Gasteiger partial charge in [0.1, 0.15) is 0 Å². The van der Waals surface area contributed by atoms with Crippen molar-refractivity contribution in [2.45, 2.75) is 33.6 Å². The van der Waals surface area contributed by atoms with Crippen LogP contribution in [-0.4, -0.2) is 54.2 Å². The van der Waals surface area contributed by atoms with Crippen molar-refractivity contribution in [1.29, 1.82) is 0 Å². The van der Waals surface area contributed by atoms with Crippen molar-refractivity contribution in [2.75, 3.05) is 26.2 Å². The minimum Gasteiger partial charge on any atom is -0.481 e. The van der Waals surface area contributed by atoms with Crippen molar-refractivity contribution < 1.29 is 24.2 Å². The molecular weight excluding hydrogens is 276 g/mol. The van der Waals surface area contributed by atoms with Gasteiger partial charge in [0.2, 0.25) is 0 Å². The third-order valence-corrected chi connectivity index (χ3v) is 3.99. The number of urea groups is 1. The number of carbonyl (C=O) groups is 3. The molecular formula is C14H24N2O5. The third kappa shape index (κ3) is 4.09. The lowest BCUT2D eigenvalue weighted by Crippen LogP contribution is -2.44. The molecule has 0 saturated carbocycles. The predicted octanol–water partition coefficient (Wildman–Crippen LogP) is 1.08. The van der Waals surface area contributed by atoms with Gasteiger partial charge < -0.3 is 20.1 Å². The topological polar surface area (TPSA) is 95.9 Å². The lowest BCUT2D eigenvalue weighted by molar-refractivity contribution is -0.157. The van der Waals surface area contributed by atoms with E-state index in [0.29, 0.717) is 26.1 Å². The number of ether oxygens (including phenoxy) is 1. The predicted molar refractivity (Wildman–Crippen MR) is 75.7 cm³/mol. The number of aliphatic carboxylic acids is 1. The van der Waals surface area contributed by atoms with E-state index in [1.54, 1.807) is 11.8 Å². The molecule has 1 atom stereocenters. The van der Waals surface area contributed by atoms with Gasteiger partial charge in [0.05, 0.1) is 18.4 Å². The number of esters is 1. The first kappa shape index (κ1) is 17.3. The molecule has 7 nitrogen and oxygen atoms in total. The van der Waals surface area contributed by atoms with E-state index in [9.17, 15) is 14.4 Å². The smallest absolute Gasteiger partial charge is 0.317 e. The molecule has 120 valence electrons. The van der Waals surface area contributed by atoms with E-state index in [1.807, 2.05) is 13.8 Å². The van der Waals surface area contributed by atoms with Crippen LogP contribution in [0, 0.1) is 11.3 Å². The van der Waals surface area contributed by atoms with Crippen molar-refractivity contribution in [3.8, 4) is 0 Å². The van der Waals surface area contributed by atoms with E-state index >= 15 is 0 Å². The van der Waals surface area contributed by atoms with Crippen molar-refractivity contribution in [2.24, 2.45) is 11.3 Å². The summed E-state index contributed by atoms with van der Waals surface area (Å²) in [6.07, 6.45) is 0.447. The Morgan fingerprint density at radius 1 is 1.38 bits per heavy atom. The van der Waals surface area contributed by atoms with Crippen molar-refractivity contribution in [1.82, 2.24) is 10.2 Å². The number of nitrogens with zero attached hydrogens (tertiary/aromatic N) is 1. The van der Waals surface area contributed by atoms with Crippen LogP contribution in [0.15, 0.2) is 0 Å². The monoisotopic (exact) mass is 300 g/mol. The van der Waals surface area contributed by atoms with Gasteiger partial charge in [-0.2, -0.15) is 0 Å². The van der Waals surface area contributed by atoms with Gasteiger partial charge in [0, 0.05) is 19.6 Å². The highest BCUT2D eigenvalue weighted by Crippen LogP contribution is 2.39. The Labute approximate surface area is 124 Å². The number of carbonyl (C=O) groups excluding carboxylic acids is 2. The fraction of sp³-hybridized carbons (Fsp3) is 0.786. The van der Waals surface area contributed by atoms with Crippen LogP contribution in [0.3, 0.4) is 0 Å². The second kappa shape index (κ2) is 7.28. The Morgan fingerprint density at radius 3 is 2.57 bits per heavy atom. The van der Waals surface area contributed by atoms with Gasteiger partial charge in [-0.05, 0) is 19.3 Å². The molecule has 0 aromatic heterocycles. The van der Waals surface area contributed by atoms with Crippen molar-refractivity contribution in [3.63, 3.8) is 0 Å². The zero-order valence-corrected chi connectivity index (χ0v) is 12.8. The Balaban J connectivity index is 2.64. The SMILES string of the molecule is CCOC(=O)C1(C(C)C)CCN(C(=O)NCCC(=O)O)C1. The number of amides is 2. The van der Waals surface area contributed by atoms with Crippen LogP contribution in [0.2, 0.25) is 0 Å². The number of carboxylic acid groups (broad SMARTS) is 1. The van der Waals surface area contributed by atoms with E-state index < -0.39 is 11.4 Å². The van der Waals surface area contributed by atoms with Gasteiger partial charge >= 0.3 is 18.0 Å². The average Bonchev–Trinajstić information content (AvgIpc) is 2.85. The molecule has 0 radical (unpaired) electrons. The van der Waals surface area contributed by atoms with Crippen LogP contribution in [0.1, 0.15) is 33.6 Å². The van der Waals surface area contributed by atoms with Crippen LogP contribution in [0.25, 0.3) is 0 Å². The number of nitrogens with one attached hydrogen (secondary N) is 1. The highest BCUT2D eigenvalue weighted by Gasteiger charge is 2.49. The maximum absolute atomic E-state index is 12.2. The van der Waals surface area contributed by atoms with E-state index in [-0.39, 0.29) is 30.9 Å². The Hall–Kier alpha value is -1.79. The number of rotatable bonds is 6. The number of carboxylic acids is 1. The summed E-state index contributed by atoms with van der Waals surface area (Å²) in [5.41, 5.74) is -0.667. The molecule has 1 heterocycles. The molecule has 1 aliphatic rings. The summed E-state index contributed by atoms with van der Waals surface area (Å²) >= 11 is 0. The molecule has 1 saturated heterocycles. The summed E-state index contributed by atoms with van der Waals surface area (Å²) in [6, 6.07) is -0.330. The molecule has 0 aromatic rings. The second-order valence-electron chi connectivity index (χ2n) is 5.58. The maximum Gasteiger partial charge on any atom is 0.317 e. The van der Waals surface area contributed by atoms with Gasteiger partial charge in [-0.1, -0.05) is 13.8 Å². The molecule has 7 heteroatoms. The average molecular weight is 300 g/mol. The molecule has 2 amide bonds. The minimum atomic E-state index is -0.959. The molecule has 1 fully saturated rings. The van der Waals surface area contributed by atoms with Gasteiger partial charge in [0.15, 0.2) is 0 Å². The zero-order valence-electron chi connectivity index (χ0n) is 12.8. The maximum atomic E-state index is 12.2. The van der Waals surface area contributed by atoms with E-state index in [1.165, 1.54) is 0 Å². The van der Waals surface area contributed by atoms with Crippen LogP contribution >= 0.6 is 0 Å². The van der Waals surface area contributed by atoms with Crippen molar-refractivity contribution in [3.05, 3.63) is 0 Å². The fourth-order valence-corrected chi connectivity index (χ4v) is 2.54. The quantitative estimate of drug-likeness (QED) is 0.716. The minimum absolute atomic E-state index is 0.0633. The van der Waals surface area contributed by atoms with Gasteiger partial charge in [-0.15, -0.1) is 0 Å². The van der Waals surface area contributed by atoms with E-state index in [2.05, 4.69) is 5.32 Å². The summed E-state index contributed by atoms with van der Waals surface area (Å²) in [5.74, 6) is -1.16. The molecule has 1 unspecified atom stereocenters. The third-order valence-electron chi connectivity index (χ3n) is 3.99. The highest BCUT2D eigenvalue weighted by atomic mass is 16.5.